The lowest BCUT2D eigenvalue weighted by molar-refractivity contribution is 0.0628. The summed E-state index contributed by atoms with van der Waals surface area (Å²) in [5, 5.41) is 2.80. The maximum atomic E-state index is 3.07. The van der Waals surface area contributed by atoms with Crippen molar-refractivity contribution in [2.24, 2.45) is 0 Å². The van der Waals surface area contributed by atoms with Crippen molar-refractivity contribution >= 4 is 35.9 Å². The summed E-state index contributed by atoms with van der Waals surface area (Å²) >= 11 is 4.55. The molecular weight excluding hydrogens is 380 g/mol. The van der Waals surface area contributed by atoms with Crippen LogP contribution in [0.2, 0.25) is 0 Å². The van der Waals surface area contributed by atoms with E-state index in [4.69, 9.17) is 0 Å². The number of halogens is 1. The van der Waals surface area contributed by atoms with Gasteiger partial charge >= 0.3 is 0 Å². The van der Waals surface area contributed by atoms with Crippen LogP contribution in [0.4, 0.5) is 0 Å². The topological polar surface area (TPSA) is 6.48 Å². The van der Waals surface area contributed by atoms with Crippen LogP contribution in [0.15, 0.2) is 0 Å². The molecule has 0 aromatic carbocycles. The molecule has 152 valence electrons. The summed E-state index contributed by atoms with van der Waals surface area (Å²) in [6.45, 7) is 2.70. The van der Waals surface area contributed by atoms with Crippen LogP contribution in [0.3, 0.4) is 0 Å². The Morgan fingerprint density at radius 2 is 1.69 bits per heavy atom. The third kappa shape index (κ3) is 4.72. The summed E-state index contributed by atoms with van der Waals surface area (Å²) in [4.78, 5) is 5.72. The highest BCUT2D eigenvalue weighted by Gasteiger charge is 2.46. The molecule has 0 radical (unpaired) electrons. The molecule has 2 saturated heterocycles. The van der Waals surface area contributed by atoms with Gasteiger partial charge in [-0.2, -0.15) is 23.5 Å². The average Bonchev–Trinajstić information content (AvgIpc) is 2.66. The number of piperidine rings is 1. The van der Waals surface area contributed by atoms with Gasteiger partial charge in [0.25, 0.3) is 0 Å². The van der Waals surface area contributed by atoms with Gasteiger partial charge in [0.15, 0.2) is 0 Å². The second kappa shape index (κ2) is 10.1. The smallest absolute Gasteiger partial charge is 0.0228 e. The molecule has 4 fully saturated rings. The van der Waals surface area contributed by atoms with E-state index in [1.165, 1.54) is 83.7 Å². The molecule has 4 aliphatic rings. The number of likely N-dealkylation sites (tertiary alicyclic amines) is 1. The van der Waals surface area contributed by atoms with Crippen LogP contribution in [-0.4, -0.2) is 70.1 Å². The van der Waals surface area contributed by atoms with Crippen LogP contribution < -0.4 is 0 Å². The Hall–Kier alpha value is 0.910. The summed E-state index contributed by atoms with van der Waals surface area (Å²) in [7, 11) is 2.37. The van der Waals surface area contributed by atoms with Gasteiger partial charge < -0.3 is 4.90 Å². The first-order valence-corrected chi connectivity index (χ1v) is 13.1. The lowest BCUT2D eigenvalue weighted by Gasteiger charge is -2.54. The van der Waals surface area contributed by atoms with Gasteiger partial charge in [-0.1, -0.05) is 19.3 Å². The molecule has 2 heterocycles. The van der Waals surface area contributed by atoms with Crippen LogP contribution >= 0.6 is 35.9 Å². The minimum absolute atomic E-state index is 0. The summed E-state index contributed by atoms with van der Waals surface area (Å²) in [5.41, 5.74) is 0. The molecule has 0 N–H and O–H groups in total. The highest BCUT2D eigenvalue weighted by atomic mass is 35.5. The Bertz CT molecular complexity index is 438. The van der Waals surface area contributed by atoms with Crippen LogP contribution in [0.1, 0.15) is 70.6 Å². The molecule has 0 aromatic heterocycles. The number of thioether (sulfide) groups is 2. The van der Waals surface area contributed by atoms with E-state index < -0.39 is 0 Å². The molecule has 2 saturated carbocycles. The fourth-order valence-electron chi connectivity index (χ4n) is 6.03. The van der Waals surface area contributed by atoms with Gasteiger partial charge in [-0.05, 0) is 71.2 Å². The Kier molecular flexibility index (Phi) is 8.39. The van der Waals surface area contributed by atoms with Gasteiger partial charge in [0, 0.05) is 40.4 Å². The summed E-state index contributed by atoms with van der Waals surface area (Å²) in [6.07, 6.45) is 18.4. The molecule has 0 spiro atoms. The molecule has 6 atom stereocenters. The zero-order valence-corrected chi connectivity index (χ0v) is 19.2. The lowest BCUT2D eigenvalue weighted by Crippen LogP contribution is -2.60. The van der Waals surface area contributed by atoms with Crippen LogP contribution in [-0.2, 0) is 0 Å². The van der Waals surface area contributed by atoms with E-state index in [-0.39, 0.29) is 12.4 Å². The molecule has 4 rings (SSSR count). The minimum atomic E-state index is 0. The van der Waals surface area contributed by atoms with E-state index in [0.29, 0.717) is 0 Å². The summed E-state index contributed by atoms with van der Waals surface area (Å²) in [6, 6.07) is 2.63. The first-order chi connectivity index (χ1) is 12.3. The number of rotatable bonds is 4. The molecule has 2 aliphatic heterocycles. The van der Waals surface area contributed by atoms with Crippen LogP contribution in [0.5, 0.6) is 0 Å². The first-order valence-electron chi connectivity index (χ1n) is 10.9. The number of hydrogen-bond acceptors (Lipinski definition) is 4. The second-order valence-electron chi connectivity index (χ2n) is 8.96. The van der Waals surface area contributed by atoms with Gasteiger partial charge in [-0.15, -0.1) is 12.4 Å². The van der Waals surface area contributed by atoms with Crippen molar-refractivity contribution in [1.29, 1.82) is 0 Å². The van der Waals surface area contributed by atoms with Gasteiger partial charge in [0.05, 0.1) is 0 Å². The van der Waals surface area contributed by atoms with Crippen molar-refractivity contribution in [3.8, 4) is 0 Å². The predicted octanol–water partition coefficient (Wildman–Crippen LogP) is 5.30. The first kappa shape index (κ1) is 21.6. The standard InChI is InChI=1S/C21H38N2S2.ClH/c1-22-13-6-5-7-16(22)12-14-23-18-8-3-4-9-20(18)25-21-11-10-17(24-2)15-19(21)23;/h16-21H,3-15H2,1-2H3;1H. The number of nitrogens with zero attached hydrogens (tertiary/aromatic N) is 2. The SMILES string of the molecule is CSC1CCC2SC3CCCCC3N(CCC3CCCCN3C)C2C1.Cl. The molecule has 2 nitrogen and oxygen atoms in total. The van der Waals surface area contributed by atoms with Crippen molar-refractivity contribution in [2.45, 2.75) is 105 Å². The van der Waals surface area contributed by atoms with Crippen LogP contribution in [0.25, 0.3) is 0 Å². The zero-order chi connectivity index (χ0) is 17.2. The summed E-state index contributed by atoms with van der Waals surface area (Å²) in [5.74, 6) is 0. The van der Waals surface area contributed by atoms with Crippen molar-refractivity contribution < 1.29 is 0 Å². The van der Waals surface area contributed by atoms with Crippen LogP contribution in [0, 0.1) is 0 Å². The van der Waals surface area contributed by atoms with Gasteiger partial charge in [0.2, 0.25) is 0 Å². The average molecular weight is 419 g/mol. The number of fused-ring (bicyclic) bond motifs is 2. The molecule has 0 aromatic rings. The molecule has 26 heavy (non-hydrogen) atoms. The zero-order valence-electron chi connectivity index (χ0n) is 16.8. The molecule has 6 unspecified atom stereocenters. The normalized spacial score (nSPS) is 41.8. The molecular formula is C21H39ClN2S2. The highest BCUT2D eigenvalue weighted by Crippen LogP contribution is 2.47. The van der Waals surface area contributed by atoms with Crippen molar-refractivity contribution in [1.82, 2.24) is 9.80 Å². The van der Waals surface area contributed by atoms with Crippen molar-refractivity contribution in [3.63, 3.8) is 0 Å². The van der Waals surface area contributed by atoms with E-state index in [9.17, 15) is 0 Å². The molecule has 0 bridgehead atoms. The third-order valence-electron chi connectivity index (χ3n) is 7.55. The fourth-order valence-corrected chi connectivity index (χ4v) is 8.74. The fraction of sp³-hybridized carbons (Fsp3) is 1.00. The van der Waals surface area contributed by atoms with Crippen molar-refractivity contribution in [3.05, 3.63) is 0 Å². The van der Waals surface area contributed by atoms with Gasteiger partial charge in [-0.25, -0.2) is 0 Å². The van der Waals surface area contributed by atoms with E-state index in [1.807, 2.05) is 0 Å². The molecule has 5 heteroatoms. The van der Waals surface area contributed by atoms with Gasteiger partial charge in [-0.3, -0.25) is 4.90 Å². The monoisotopic (exact) mass is 418 g/mol. The maximum Gasteiger partial charge on any atom is 0.0228 e. The van der Waals surface area contributed by atoms with E-state index in [0.717, 1.165) is 33.9 Å². The van der Waals surface area contributed by atoms with Crippen molar-refractivity contribution in [2.75, 3.05) is 26.4 Å². The summed E-state index contributed by atoms with van der Waals surface area (Å²) < 4.78 is 0. The maximum absolute atomic E-state index is 3.07. The van der Waals surface area contributed by atoms with E-state index in [2.05, 4.69) is 46.6 Å². The third-order valence-corrected chi connectivity index (χ3v) is 10.4. The van der Waals surface area contributed by atoms with E-state index in [1.54, 1.807) is 0 Å². The highest BCUT2D eigenvalue weighted by molar-refractivity contribution is 8.00. The van der Waals surface area contributed by atoms with Gasteiger partial charge in [0.1, 0.15) is 0 Å². The Morgan fingerprint density at radius 1 is 0.923 bits per heavy atom. The largest absolute Gasteiger partial charge is 0.303 e. The minimum Gasteiger partial charge on any atom is -0.303 e. The van der Waals surface area contributed by atoms with E-state index >= 15 is 0 Å². The molecule has 0 amide bonds. The Morgan fingerprint density at radius 3 is 2.50 bits per heavy atom. The Labute approximate surface area is 176 Å². The Balaban J connectivity index is 0.00000196. The quantitative estimate of drug-likeness (QED) is 0.611. The number of hydrogen-bond donors (Lipinski definition) is 0. The second-order valence-corrected chi connectivity index (χ2v) is 11.6. The predicted molar refractivity (Wildman–Crippen MR) is 121 cm³/mol. The molecule has 2 aliphatic carbocycles. The lowest BCUT2D eigenvalue weighted by atomic mass is 9.86.